The highest BCUT2D eigenvalue weighted by Crippen LogP contribution is 2.34. The number of phenols is 4. The molecule has 4 heteroatoms. The van der Waals surface area contributed by atoms with Gasteiger partial charge >= 0.3 is 0 Å². The Morgan fingerprint density at radius 2 is 0.759 bits per heavy atom. The van der Waals surface area contributed by atoms with Gasteiger partial charge in [-0.15, -0.1) is 0 Å². The lowest BCUT2D eigenvalue weighted by Gasteiger charge is -2.05. The fourth-order valence-electron chi connectivity index (χ4n) is 2.87. The maximum atomic E-state index is 9.58. The first kappa shape index (κ1) is 19.8. The van der Waals surface area contributed by atoms with Crippen molar-refractivity contribution in [2.45, 2.75) is 6.42 Å². The van der Waals surface area contributed by atoms with E-state index in [9.17, 15) is 10.2 Å². The first-order valence-electron chi connectivity index (χ1n) is 9.15. The van der Waals surface area contributed by atoms with E-state index in [1.54, 1.807) is 60.7 Å². The maximum Gasteiger partial charge on any atom is 0.123 e. The van der Waals surface area contributed by atoms with Crippen LogP contribution in [-0.2, 0) is 6.42 Å². The van der Waals surface area contributed by atoms with Crippen molar-refractivity contribution in [2.24, 2.45) is 0 Å². The number of phenolic OH excluding ortho intramolecular Hbond substituents is 4. The zero-order valence-corrected chi connectivity index (χ0v) is 15.7. The van der Waals surface area contributed by atoms with Crippen LogP contribution in [-0.4, -0.2) is 20.4 Å². The molecule has 0 aliphatic carbocycles. The van der Waals surface area contributed by atoms with Crippen LogP contribution in [0.2, 0.25) is 0 Å². The van der Waals surface area contributed by atoms with Crippen LogP contribution in [0.4, 0.5) is 0 Å². The normalized spacial score (nSPS) is 10.1. The van der Waals surface area contributed by atoms with Gasteiger partial charge in [-0.3, -0.25) is 0 Å². The van der Waals surface area contributed by atoms with Crippen molar-refractivity contribution >= 4 is 0 Å². The van der Waals surface area contributed by atoms with E-state index in [1.807, 2.05) is 36.4 Å². The fraction of sp³-hybridized carbons (Fsp3) is 0.0400. The van der Waals surface area contributed by atoms with E-state index in [0.717, 1.165) is 17.5 Å². The molecule has 0 atom stereocenters. The molecule has 0 aliphatic heterocycles. The summed E-state index contributed by atoms with van der Waals surface area (Å²) in [4.78, 5) is 0. The molecule has 4 rings (SSSR count). The SMILES string of the molecule is Oc1ccc(Cc2ccc(O)cc2)cc1.Oc1ccccc1-c1ccccc1O. The molecule has 4 aromatic carbocycles. The Bertz CT molecular complexity index is 968. The molecule has 0 radical (unpaired) electrons. The Hall–Kier alpha value is -3.92. The molecule has 0 saturated carbocycles. The molecule has 29 heavy (non-hydrogen) atoms. The molecule has 0 spiro atoms. The highest BCUT2D eigenvalue weighted by molar-refractivity contribution is 5.74. The van der Waals surface area contributed by atoms with Gasteiger partial charge in [-0.2, -0.15) is 0 Å². The lowest BCUT2D eigenvalue weighted by atomic mass is 10.0. The Balaban J connectivity index is 0.000000166. The summed E-state index contributed by atoms with van der Waals surface area (Å²) in [7, 11) is 0. The van der Waals surface area contributed by atoms with Crippen LogP contribution in [0, 0.1) is 0 Å². The van der Waals surface area contributed by atoms with Gasteiger partial charge < -0.3 is 20.4 Å². The second-order valence-corrected chi connectivity index (χ2v) is 6.54. The quantitative estimate of drug-likeness (QED) is 0.377. The topological polar surface area (TPSA) is 80.9 Å². The van der Waals surface area contributed by atoms with Crippen LogP contribution in [0.25, 0.3) is 11.1 Å². The van der Waals surface area contributed by atoms with Crippen LogP contribution in [0.5, 0.6) is 23.0 Å². The van der Waals surface area contributed by atoms with E-state index in [-0.39, 0.29) is 23.0 Å². The Morgan fingerprint density at radius 1 is 0.414 bits per heavy atom. The number of aromatic hydroxyl groups is 4. The minimum absolute atomic E-state index is 0.175. The van der Waals surface area contributed by atoms with E-state index >= 15 is 0 Å². The smallest absolute Gasteiger partial charge is 0.123 e. The number of benzene rings is 4. The van der Waals surface area contributed by atoms with Crippen LogP contribution >= 0.6 is 0 Å². The minimum atomic E-state index is 0.175. The summed E-state index contributed by atoms with van der Waals surface area (Å²) < 4.78 is 0. The number of hydrogen-bond acceptors (Lipinski definition) is 4. The van der Waals surface area contributed by atoms with Crippen LogP contribution < -0.4 is 0 Å². The zero-order chi connectivity index (χ0) is 20.6. The number of rotatable bonds is 3. The average Bonchev–Trinajstić information content (AvgIpc) is 2.73. The Labute approximate surface area is 169 Å². The molecule has 0 bridgehead atoms. The molecule has 0 heterocycles. The van der Waals surface area contributed by atoms with E-state index in [0.29, 0.717) is 11.1 Å². The van der Waals surface area contributed by atoms with Gasteiger partial charge in [-0.25, -0.2) is 0 Å². The molecule has 4 nitrogen and oxygen atoms in total. The molecule has 0 amide bonds. The van der Waals surface area contributed by atoms with Crippen molar-refractivity contribution in [3.8, 4) is 34.1 Å². The summed E-state index contributed by atoms with van der Waals surface area (Å²) in [6.45, 7) is 0. The third kappa shape index (κ3) is 5.53. The largest absolute Gasteiger partial charge is 0.508 e. The lowest BCUT2D eigenvalue weighted by molar-refractivity contribution is 0.469. The van der Waals surface area contributed by atoms with Gasteiger partial charge in [0.1, 0.15) is 23.0 Å². The average molecular weight is 386 g/mol. The minimum Gasteiger partial charge on any atom is -0.508 e. The van der Waals surface area contributed by atoms with Crippen molar-refractivity contribution in [3.05, 3.63) is 108 Å². The van der Waals surface area contributed by atoms with Crippen molar-refractivity contribution in [3.63, 3.8) is 0 Å². The fourth-order valence-corrected chi connectivity index (χ4v) is 2.87. The molecule has 4 aromatic rings. The summed E-state index contributed by atoms with van der Waals surface area (Å²) in [6, 6.07) is 28.1. The second kappa shape index (κ2) is 9.33. The van der Waals surface area contributed by atoms with Crippen molar-refractivity contribution in [2.75, 3.05) is 0 Å². The van der Waals surface area contributed by atoms with Crippen LogP contribution in [0.1, 0.15) is 11.1 Å². The molecule has 0 aliphatic rings. The molecule has 4 N–H and O–H groups in total. The van der Waals surface area contributed by atoms with Crippen molar-refractivity contribution < 1.29 is 20.4 Å². The Morgan fingerprint density at radius 3 is 1.10 bits per heavy atom. The predicted octanol–water partition coefficient (Wildman–Crippen LogP) is 5.45. The van der Waals surface area contributed by atoms with Crippen LogP contribution in [0.15, 0.2) is 97.1 Å². The molecule has 0 saturated heterocycles. The summed E-state index contributed by atoms with van der Waals surface area (Å²) in [5.41, 5.74) is 3.56. The molecular weight excluding hydrogens is 364 g/mol. The number of para-hydroxylation sites is 2. The summed E-state index contributed by atoms with van der Waals surface area (Å²) in [6.07, 6.45) is 0.806. The standard InChI is InChI=1S/C13H12O2.C12H10O2/c14-12-5-1-10(2-6-12)9-11-3-7-13(15)8-4-11;13-11-7-3-1-5-9(11)10-6-2-4-8-12(10)14/h1-8,14-15H,9H2;1-8,13-14H. The second-order valence-electron chi connectivity index (χ2n) is 6.54. The highest BCUT2D eigenvalue weighted by atomic mass is 16.3. The molecule has 0 aromatic heterocycles. The van der Waals surface area contributed by atoms with Crippen molar-refractivity contribution in [1.29, 1.82) is 0 Å². The van der Waals surface area contributed by atoms with Gasteiger partial charge in [0.25, 0.3) is 0 Å². The van der Waals surface area contributed by atoms with Gasteiger partial charge in [0.05, 0.1) is 0 Å². The maximum absolute atomic E-state index is 9.58. The molecular formula is C25H22O4. The van der Waals surface area contributed by atoms with Gasteiger partial charge in [-0.1, -0.05) is 60.7 Å². The monoisotopic (exact) mass is 386 g/mol. The van der Waals surface area contributed by atoms with Gasteiger partial charge in [0, 0.05) is 11.1 Å². The van der Waals surface area contributed by atoms with Gasteiger partial charge in [0.15, 0.2) is 0 Å². The summed E-state index contributed by atoms with van der Waals surface area (Å²) in [5.74, 6) is 0.914. The van der Waals surface area contributed by atoms with Crippen LogP contribution in [0.3, 0.4) is 0 Å². The summed E-state index contributed by atoms with van der Waals surface area (Å²) in [5, 5.41) is 37.4. The molecule has 0 fully saturated rings. The van der Waals surface area contributed by atoms with Gasteiger partial charge in [-0.05, 0) is 53.9 Å². The summed E-state index contributed by atoms with van der Waals surface area (Å²) >= 11 is 0. The van der Waals surface area contributed by atoms with E-state index in [1.165, 1.54) is 0 Å². The van der Waals surface area contributed by atoms with E-state index < -0.39 is 0 Å². The van der Waals surface area contributed by atoms with E-state index in [2.05, 4.69) is 0 Å². The number of hydrogen-bond donors (Lipinski definition) is 4. The van der Waals surface area contributed by atoms with Crippen molar-refractivity contribution in [1.82, 2.24) is 0 Å². The first-order valence-corrected chi connectivity index (χ1v) is 9.15. The highest BCUT2D eigenvalue weighted by Gasteiger charge is 2.06. The Kier molecular flexibility index (Phi) is 6.38. The molecule has 0 unspecified atom stereocenters. The third-order valence-corrected chi connectivity index (χ3v) is 4.38. The lowest BCUT2D eigenvalue weighted by Crippen LogP contribution is -1.86. The predicted molar refractivity (Wildman–Crippen MR) is 114 cm³/mol. The van der Waals surface area contributed by atoms with Gasteiger partial charge in [0.2, 0.25) is 0 Å². The zero-order valence-electron chi connectivity index (χ0n) is 15.7. The molecule has 146 valence electrons. The van der Waals surface area contributed by atoms with E-state index in [4.69, 9.17) is 10.2 Å². The first-order chi connectivity index (χ1) is 14.0. The third-order valence-electron chi connectivity index (χ3n) is 4.38.